The van der Waals surface area contributed by atoms with E-state index in [9.17, 15) is 9.90 Å². The number of carboxylic acid groups (broad SMARTS) is 1. The first-order chi connectivity index (χ1) is 9.59. The lowest BCUT2D eigenvalue weighted by Gasteiger charge is -2.23. The Bertz CT molecular complexity index is 525. The fourth-order valence-electron chi connectivity index (χ4n) is 2.66. The molecule has 5 heteroatoms. The van der Waals surface area contributed by atoms with E-state index < -0.39 is 11.4 Å². The molecule has 5 nitrogen and oxygen atoms in total. The maximum absolute atomic E-state index is 11.2. The molecule has 3 rings (SSSR count). The number of fused-ring (bicyclic) bond motifs is 1. The highest BCUT2D eigenvalue weighted by atomic mass is 16.6. The number of nitrogens with zero attached hydrogens (tertiary/aromatic N) is 1. The Balaban J connectivity index is 1.64. The molecule has 1 aromatic rings. The summed E-state index contributed by atoms with van der Waals surface area (Å²) < 4.78 is 11.0. The van der Waals surface area contributed by atoms with E-state index in [0.29, 0.717) is 26.3 Å². The van der Waals surface area contributed by atoms with Crippen LogP contribution >= 0.6 is 0 Å². The average molecular weight is 277 g/mol. The molecule has 0 bridgehead atoms. The molecule has 1 saturated carbocycles. The van der Waals surface area contributed by atoms with Gasteiger partial charge in [0, 0.05) is 13.1 Å². The predicted molar refractivity (Wildman–Crippen MR) is 73.1 cm³/mol. The van der Waals surface area contributed by atoms with Crippen molar-refractivity contribution >= 4 is 5.97 Å². The molecule has 1 N–H and O–H groups in total. The zero-order valence-corrected chi connectivity index (χ0v) is 11.6. The van der Waals surface area contributed by atoms with Crippen LogP contribution in [0.1, 0.15) is 18.4 Å². The van der Waals surface area contributed by atoms with Crippen molar-refractivity contribution in [2.24, 2.45) is 5.41 Å². The van der Waals surface area contributed by atoms with Crippen molar-refractivity contribution < 1.29 is 19.4 Å². The largest absolute Gasteiger partial charge is 0.486 e. The second-order valence-electron chi connectivity index (χ2n) is 5.74. The SMILES string of the molecule is CN(Cc1ccc2c(c1)OCCO2)CC1(C(=O)O)CC1. The lowest BCUT2D eigenvalue weighted by atomic mass is 10.1. The van der Waals surface area contributed by atoms with Gasteiger partial charge in [-0.1, -0.05) is 6.07 Å². The van der Waals surface area contributed by atoms with Gasteiger partial charge in [-0.05, 0) is 37.6 Å². The normalized spacial score (nSPS) is 18.9. The molecule has 0 atom stereocenters. The van der Waals surface area contributed by atoms with Crippen molar-refractivity contribution in [1.29, 1.82) is 0 Å². The Morgan fingerprint density at radius 2 is 2.00 bits per heavy atom. The van der Waals surface area contributed by atoms with Crippen LogP contribution in [0.4, 0.5) is 0 Å². The minimum Gasteiger partial charge on any atom is -0.486 e. The number of carboxylic acids is 1. The van der Waals surface area contributed by atoms with Gasteiger partial charge in [0.05, 0.1) is 5.41 Å². The lowest BCUT2D eigenvalue weighted by molar-refractivity contribution is -0.144. The van der Waals surface area contributed by atoms with Gasteiger partial charge in [0.1, 0.15) is 13.2 Å². The second kappa shape index (κ2) is 4.98. The predicted octanol–water partition coefficient (Wildman–Crippen LogP) is 1.75. The van der Waals surface area contributed by atoms with E-state index in [1.165, 1.54) is 0 Å². The van der Waals surface area contributed by atoms with Gasteiger partial charge in [-0.15, -0.1) is 0 Å². The Labute approximate surface area is 118 Å². The van der Waals surface area contributed by atoms with E-state index in [-0.39, 0.29) is 0 Å². The van der Waals surface area contributed by atoms with Gasteiger partial charge in [0.25, 0.3) is 0 Å². The summed E-state index contributed by atoms with van der Waals surface area (Å²) in [6.07, 6.45) is 1.57. The highest BCUT2D eigenvalue weighted by Crippen LogP contribution is 2.46. The molecule has 1 heterocycles. The van der Waals surface area contributed by atoms with Crippen LogP contribution in [0.2, 0.25) is 0 Å². The van der Waals surface area contributed by atoms with Crippen LogP contribution in [-0.4, -0.2) is 42.8 Å². The van der Waals surface area contributed by atoms with Crippen molar-refractivity contribution in [3.8, 4) is 11.5 Å². The average Bonchev–Trinajstić information content (AvgIpc) is 3.19. The highest BCUT2D eigenvalue weighted by molar-refractivity contribution is 5.78. The van der Waals surface area contributed by atoms with Crippen LogP contribution in [0.5, 0.6) is 11.5 Å². The Kier molecular flexibility index (Phi) is 3.30. The van der Waals surface area contributed by atoms with Gasteiger partial charge in [-0.25, -0.2) is 0 Å². The number of hydrogen-bond acceptors (Lipinski definition) is 4. The van der Waals surface area contributed by atoms with Crippen LogP contribution in [0.15, 0.2) is 18.2 Å². The monoisotopic (exact) mass is 277 g/mol. The molecule has 108 valence electrons. The van der Waals surface area contributed by atoms with Gasteiger partial charge >= 0.3 is 5.97 Å². The summed E-state index contributed by atoms with van der Waals surface area (Å²) in [5, 5.41) is 9.21. The standard InChI is InChI=1S/C15H19NO4/c1-16(10-15(4-5-15)14(17)18)9-11-2-3-12-13(8-11)20-7-6-19-12/h2-3,8H,4-7,9-10H2,1H3,(H,17,18). The van der Waals surface area contributed by atoms with Crippen molar-refractivity contribution in [2.45, 2.75) is 19.4 Å². The third-order valence-electron chi connectivity index (χ3n) is 3.94. The van der Waals surface area contributed by atoms with E-state index >= 15 is 0 Å². The van der Waals surface area contributed by atoms with Crippen LogP contribution in [0.25, 0.3) is 0 Å². The van der Waals surface area contributed by atoms with Crippen LogP contribution in [0.3, 0.4) is 0 Å². The Morgan fingerprint density at radius 3 is 2.65 bits per heavy atom. The Morgan fingerprint density at radius 1 is 1.30 bits per heavy atom. The molecule has 0 spiro atoms. The Hall–Kier alpha value is -1.75. The second-order valence-corrected chi connectivity index (χ2v) is 5.74. The van der Waals surface area contributed by atoms with Gasteiger partial charge in [0.2, 0.25) is 0 Å². The third kappa shape index (κ3) is 2.58. The molecule has 0 radical (unpaired) electrons. The lowest BCUT2D eigenvalue weighted by Crippen LogP contribution is -2.31. The van der Waals surface area contributed by atoms with Crippen LogP contribution in [0, 0.1) is 5.41 Å². The fourth-order valence-corrected chi connectivity index (χ4v) is 2.66. The first kappa shape index (κ1) is 13.2. The first-order valence-electron chi connectivity index (χ1n) is 6.90. The van der Waals surface area contributed by atoms with Gasteiger partial charge < -0.3 is 19.5 Å². The third-order valence-corrected chi connectivity index (χ3v) is 3.94. The summed E-state index contributed by atoms with van der Waals surface area (Å²) in [5.74, 6) is 0.889. The highest BCUT2D eigenvalue weighted by Gasteiger charge is 2.50. The smallest absolute Gasteiger partial charge is 0.310 e. The molecule has 0 aromatic heterocycles. The topological polar surface area (TPSA) is 59.0 Å². The van der Waals surface area contributed by atoms with E-state index in [2.05, 4.69) is 4.90 Å². The summed E-state index contributed by atoms with van der Waals surface area (Å²) in [6.45, 7) is 2.48. The summed E-state index contributed by atoms with van der Waals surface area (Å²) in [5.41, 5.74) is 0.598. The van der Waals surface area contributed by atoms with E-state index in [0.717, 1.165) is 29.9 Å². The maximum Gasteiger partial charge on any atom is 0.310 e. The van der Waals surface area contributed by atoms with E-state index in [1.54, 1.807) is 0 Å². The fraction of sp³-hybridized carbons (Fsp3) is 0.533. The van der Waals surface area contributed by atoms with E-state index in [4.69, 9.17) is 9.47 Å². The quantitative estimate of drug-likeness (QED) is 0.888. The molecule has 0 unspecified atom stereocenters. The number of aliphatic carboxylic acids is 1. The molecule has 2 aliphatic rings. The number of rotatable bonds is 5. The summed E-state index contributed by atoms with van der Waals surface area (Å²) in [7, 11) is 1.96. The molecule has 1 fully saturated rings. The zero-order chi connectivity index (χ0) is 14.2. The molecule has 0 saturated heterocycles. The van der Waals surface area contributed by atoms with Crippen molar-refractivity contribution in [3.05, 3.63) is 23.8 Å². The first-order valence-corrected chi connectivity index (χ1v) is 6.90. The minimum atomic E-state index is -0.675. The maximum atomic E-state index is 11.2. The summed E-state index contributed by atoms with van der Waals surface area (Å²) >= 11 is 0. The van der Waals surface area contributed by atoms with Gasteiger partial charge in [-0.2, -0.15) is 0 Å². The van der Waals surface area contributed by atoms with Crippen molar-refractivity contribution in [2.75, 3.05) is 26.8 Å². The molecule has 1 aliphatic heterocycles. The minimum absolute atomic E-state index is 0.511. The van der Waals surface area contributed by atoms with Crippen molar-refractivity contribution in [1.82, 2.24) is 4.90 Å². The van der Waals surface area contributed by atoms with Crippen molar-refractivity contribution in [3.63, 3.8) is 0 Å². The number of benzene rings is 1. The van der Waals surface area contributed by atoms with E-state index in [1.807, 2.05) is 25.2 Å². The zero-order valence-electron chi connectivity index (χ0n) is 11.6. The molecule has 20 heavy (non-hydrogen) atoms. The van der Waals surface area contributed by atoms with Gasteiger partial charge in [-0.3, -0.25) is 4.79 Å². The van der Waals surface area contributed by atoms with Crippen LogP contribution in [-0.2, 0) is 11.3 Å². The summed E-state index contributed by atoms with van der Waals surface area (Å²) in [4.78, 5) is 13.3. The molecule has 0 amide bonds. The number of carbonyl (C=O) groups is 1. The molecule has 1 aromatic carbocycles. The number of ether oxygens (including phenoxy) is 2. The van der Waals surface area contributed by atoms with Gasteiger partial charge in [0.15, 0.2) is 11.5 Å². The van der Waals surface area contributed by atoms with Crippen LogP contribution < -0.4 is 9.47 Å². The summed E-state index contributed by atoms with van der Waals surface area (Å²) in [6, 6.07) is 5.90. The number of hydrogen-bond donors (Lipinski definition) is 1. The molecular formula is C15H19NO4. The molecule has 1 aliphatic carbocycles. The molecular weight excluding hydrogens is 258 g/mol.